The summed E-state index contributed by atoms with van der Waals surface area (Å²) in [6, 6.07) is 1.12. The van der Waals surface area contributed by atoms with E-state index in [-0.39, 0.29) is 17.0 Å². The molecule has 0 aromatic rings. The van der Waals surface area contributed by atoms with Gasteiger partial charge in [0, 0.05) is 6.04 Å². The molecule has 0 bridgehead atoms. The van der Waals surface area contributed by atoms with Gasteiger partial charge in [-0.05, 0) is 0 Å². The van der Waals surface area contributed by atoms with Crippen molar-refractivity contribution in [3.63, 3.8) is 0 Å². The van der Waals surface area contributed by atoms with Crippen molar-refractivity contribution < 1.29 is 0 Å². The zero-order valence-electron chi connectivity index (χ0n) is 6.70. The lowest BCUT2D eigenvalue weighted by Gasteiger charge is -2.09. The molecular weight excluding hydrogens is 272 g/mol. The van der Waals surface area contributed by atoms with Gasteiger partial charge in [-0.25, -0.2) is 0 Å². The van der Waals surface area contributed by atoms with Crippen LogP contribution in [0.5, 0.6) is 0 Å². The summed E-state index contributed by atoms with van der Waals surface area (Å²) >= 11 is 3.26. The van der Waals surface area contributed by atoms with Gasteiger partial charge in [-0.15, -0.1) is 22.9 Å². The predicted molar refractivity (Wildman–Crippen MR) is 60.0 cm³/mol. The first-order chi connectivity index (χ1) is 4.06. The Morgan fingerprint density at radius 3 is 2.00 bits per heavy atom. The quantitative estimate of drug-likeness (QED) is 0.394. The molecule has 0 aromatic carbocycles. The lowest BCUT2D eigenvalue weighted by atomic mass is 10.7. The molecule has 0 saturated carbocycles. The second kappa shape index (κ2) is 6.45. The summed E-state index contributed by atoms with van der Waals surface area (Å²) in [6.45, 7) is 6.99. The monoisotopic (exact) mass is 284 g/mol. The maximum Gasteiger partial charge on any atom is 0.0645 e. The van der Waals surface area contributed by atoms with E-state index in [2.05, 4.69) is 47.4 Å². The molecule has 0 spiro atoms. The van der Waals surface area contributed by atoms with Gasteiger partial charge in [-0.1, -0.05) is 41.5 Å². The van der Waals surface area contributed by atoms with E-state index in [4.69, 9.17) is 0 Å². The molecule has 0 atom stereocenters. The van der Waals surface area contributed by atoms with E-state index in [1.165, 1.54) is 0 Å². The van der Waals surface area contributed by atoms with E-state index < -0.39 is 8.07 Å². The van der Waals surface area contributed by atoms with E-state index in [0.29, 0.717) is 0 Å². The fourth-order valence-electron chi connectivity index (χ4n) is 0.375. The number of hydrogen-bond acceptors (Lipinski definition) is 0. The van der Waals surface area contributed by atoms with E-state index in [0.717, 1.165) is 11.4 Å². The summed E-state index contributed by atoms with van der Waals surface area (Å²) in [5.74, 6) is 6.15. The standard InChI is InChI=1S/C7H13BrSi.BrH/c1-9(2,3)7-5-4-6-8;/h6-7H2,1-3H3;1H. The molecule has 0 heterocycles. The average Bonchev–Trinajstić information content (AvgIpc) is 1.63. The third kappa shape index (κ3) is 11.5. The van der Waals surface area contributed by atoms with Crippen molar-refractivity contribution in [1.82, 2.24) is 0 Å². The zero-order valence-corrected chi connectivity index (χ0v) is 11.0. The van der Waals surface area contributed by atoms with Crippen molar-refractivity contribution in [3.8, 4) is 11.8 Å². The molecule has 0 aromatic heterocycles. The molecule has 0 fully saturated rings. The summed E-state index contributed by atoms with van der Waals surface area (Å²) < 4.78 is 0. The lowest BCUT2D eigenvalue weighted by molar-refractivity contribution is 1.56. The zero-order chi connectivity index (χ0) is 7.33. The minimum atomic E-state index is -0.889. The van der Waals surface area contributed by atoms with Gasteiger partial charge in [0.15, 0.2) is 0 Å². The van der Waals surface area contributed by atoms with Crippen LogP contribution in [0, 0.1) is 11.8 Å². The third-order valence-electron chi connectivity index (χ3n) is 0.811. The largest absolute Gasteiger partial charge is 0.114 e. The van der Waals surface area contributed by atoms with Gasteiger partial charge in [0.05, 0.1) is 13.4 Å². The summed E-state index contributed by atoms with van der Waals surface area (Å²) in [4.78, 5) is 0. The summed E-state index contributed by atoms with van der Waals surface area (Å²) in [5.41, 5.74) is 0. The van der Waals surface area contributed by atoms with Crippen molar-refractivity contribution in [2.45, 2.75) is 25.7 Å². The highest BCUT2D eigenvalue weighted by molar-refractivity contribution is 9.09. The number of alkyl halides is 1. The number of hydrogen-bond donors (Lipinski definition) is 0. The Kier molecular flexibility index (Phi) is 8.60. The second-order valence-electron chi connectivity index (χ2n) is 3.22. The molecule has 0 aliphatic rings. The topological polar surface area (TPSA) is 0 Å². The molecule has 0 rings (SSSR count). The molecular formula is C7H14Br2Si. The molecule has 3 heteroatoms. The molecule has 0 unspecified atom stereocenters. The van der Waals surface area contributed by atoms with Crippen LogP contribution in [0.2, 0.25) is 25.7 Å². The molecule has 0 radical (unpaired) electrons. The molecule has 0 nitrogen and oxygen atoms in total. The summed E-state index contributed by atoms with van der Waals surface area (Å²) in [7, 11) is -0.889. The highest BCUT2D eigenvalue weighted by atomic mass is 79.9. The molecule has 0 aliphatic heterocycles. The van der Waals surface area contributed by atoms with Gasteiger partial charge in [0.2, 0.25) is 0 Å². The molecule has 0 N–H and O–H groups in total. The Morgan fingerprint density at radius 2 is 1.70 bits per heavy atom. The van der Waals surface area contributed by atoms with Crippen LogP contribution in [0.1, 0.15) is 0 Å². The van der Waals surface area contributed by atoms with Gasteiger partial charge in [0.25, 0.3) is 0 Å². The van der Waals surface area contributed by atoms with E-state index >= 15 is 0 Å². The van der Waals surface area contributed by atoms with Crippen molar-refractivity contribution >= 4 is 41.0 Å². The lowest BCUT2D eigenvalue weighted by Crippen LogP contribution is -2.17. The minimum Gasteiger partial charge on any atom is -0.114 e. The van der Waals surface area contributed by atoms with Crippen LogP contribution in [0.3, 0.4) is 0 Å². The molecule has 0 aliphatic carbocycles. The van der Waals surface area contributed by atoms with Crippen molar-refractivity contribution in [2.75, 3.05) is 5.33 Å². The molecule has 10 heavy (non-hydrogen) atoms. The molecule has 0 saturated heterocycles. The van der Waals surface area contributed by atoms with Crippen molar-refractivity contribution in [3.05, 3.63) is 0 Å². The Morgan fingerprint density at radius 1 is 1.20 bits per heavy atom. The highest BCUT2D eigenvalue weighted by Gasteiger charge is 2.09. The number of halogens is 2. The van der Waals surface area contributed by atoms with Crippen LogP contribution >= 0.6 is 32.9 Å². The Labute approximate surface area is 83.7 Å². The second-order valence-corrected chi connectivity index (χ2v) is 9.26. The maximum atomic E-state index is 3.26. The highest BCUT2D eigenvalue weighted by Crippen LogP contribution is 2.05. The van der Waals surface area contributed by atoms with E-state index in [1.807, 2.05) is 0 Å². The smallest absolute Gasteiger partial charge is 0.0645 e. The van der Waals surface area contributed by atoms with Gasteiger partial charge in [-0.2, -0.15) is 0 Å². The SMILES string of the molecule is Br.C[Si](C)(C)CC#CCBr. The first-order valence-electron chi connectivity index (χ1n) is 3.08. The normalized spacial score (nSPS) is 9.20. The van der Waals surface area contributed by atoms with E-state index in [1.54, 1.807) is 0 Å². The van der Waals surface area contributed by atoms with Crippen LogP contribution in [0.4, 0.5) is 0 Å². The number of rotatable bonds is 1. The maximum absolute atomic E-state index is 3.26. The van der Waals surface area contributed by atoms with Gasteiger partial charge in [0.1, 0.15) is 0 Å². The summed E-state index contributed by atoms with van der Waals surface area (Å²) in [5, 5.41) is 0.817. The minimum absolute atomic E-state index is 0. The molecule has 0 amide bonds. The van der Waals surface area contributed by atoms with Crippen LogP contribution < -0.4 is 0 Å². The van der Waals surface area contributed by atoms with Gasteiger partial charge < -0.3 is 0 Å². The summed E-state index contributed by atoms with van der Waals surface area (Å²) in [6.07, 6.45) is 0. The fourth-order valence-corrected chi connectivity index (χ4v) is 1.23. The van der Waals surface area contributed by atoms with Crippen molar-refractivity contribution in [1.29, 1.82) is 0 Å². The average molecular weight is 286 g/mol. The first kappa shape index (κ1) is 13.3. The van der Waals surface area contributed by atoms with Crippen LogP contribution in [-0.4, -0.2) is 13.4 Å². The van der Waals surface area contributed by atoms with Gasteiger partial charge >= 0.3 is 0 Å². The third-order valence-corrected chi connectivity index (χ3v) is 2.33. The predicted octanol–water partition coefficient (Wildman–Crippen LogP) is 3.30. The van der Waals surface area contributed by atoms with E-state index in [9.17, 15) is 0 Å². The van der Waals surface area contributed by atoms with Crippen LogP contribution in [0.15, 0.2) is 0 Å². The fraction of sp³-hybridized carbons (Fsp3) is 0.714. The Bertz CT molecular complexity index is 127. The van der Waals surface area contributed by atoms with Gasteiger partial charge in [-0.3, -0.25) is 0 Å². The molecule has 60 valence electrons. The Hall–Kier alpha value is 0.737. The van der Waals surface area contributed by atoms with Crippen LogP contribution in [-0.2, 0) is 0 Å². The van der Waals surface area contributed by atoms with Crippen molar-refractivity contribution in [2.24, 2.45) is 0 Å². The first-order valence-corrected chi connectivity index (χ1v) is 7.91. The Balaban J connectivity index is 0. The van der Waals surface area contributed by atoms with Crippen LogP contribution in [0.25, 0.3) is 0 Å².